The molecular weight excluding hydrogens is 864 g/mol. The lowest BCUT2D eigenvalue weighted by Gasteiger charge is -2.23. The third-order valence-electron chi connectivity index (χ3n) is 10.9. The Balaban J connectivity index is 0.000000191. The van der Waals surface area contributed by atoms with Crippen LogP contribution in [0.15, 0.2) is 45.2 Å². The maximum atomic E-state index is 14.5. The summed E-state index contributed by atoms with van der Waals surface area (Å²) in [6.45, 7) is 3.38. The highest BCUT2D eigenvalue weighted by Gasteiger charge is 2.37. The molecule has 1 aliphatic carbocycles. The predicted octanol–water partition coefficient (Wildman–Crippen LogP) is 9.81. The summed E-state index contributed by atoms with van der Waals surface area (Å²) >= 11 is 0. The maximum Gasteiger partial charge on any atom is 0.396 e. The predicted molar refractivity (Wildman–Crippen MR) is 216 cm³/mol. The SMILES string of the molecule is O=C(Nc1ccc(OC2CCCCC2)c(F)c1)c1nc(N2CCCC2)oc1CC(F)(F)F.O=C(Nc1ccc(OC2CCCOC2)c(F)c1)c1nc(N2CCCC2)oc1CC(F)(F)F. The highest BCUT2D eigenvalue weighted by Crippen LogP contribution is 2.33. The topological polar surface area (TPSA) is 144 Å². The zero-order valence-corrected chi connectivity index (χ0v) is 34.7. The van der Waals surface area contributed by atoms with Gasteiger partial charge in [-0.3, -0.25) is 9.59 Å². The molecule has 21 heteroatoms. The third kappa shape index (κ3) is 12.8. The van der Waals surface area contributed by atoms with Gasteiger partial charge in [-0.1, -0.05) is 6.42 Å². The lowest BCUT2D eigenvalue weighted by Crippen LogP contribution is -2.28. The van der Waals surface area contributed by atoms with Crippen LogP contribution in [0.2, 0.25) is 0 Å². The Morgan fingerprint density at radius 3 is 1.47 bits per heavy atom. The molecule has 4 aliphatic rings. The molecule has 1 unspecified atom stereocenters. The number of hydrogen-bond donors (Lipinski definition) is 2. The zero-order chi connectivity index (χ0) is 45.4. The first-order valence-electron chi connectivity index (χ1n) is 21.3. The molecule has 0 bridgehead atoms. The lowest BCUT2D eigenvalue weighted by atomic mass is 9.98. The van der Waals surface area contributed by atoms with E-state index in [0.29, 0.717) is 39.4 Å². The van der Waals surface area contributed by atoms with Gasteiger partial charge < -0.3 is 43.5 Å². The number of alkyl halides is 6. The van der Waals surface area contributed by atoms with Crippen LogP contribution < -0.4 is 29.9 Å². The van der Waals surface area contributed by atoms with E-state index in [1.54, 1.807) is 9.80 Å². The van der Waals surface area contributed by atoms with Crippen molar-refractivity contribution >= 4 is 35.2 Å². The van der Waals surface area contributed by atoms with E-state index < -0.39 is 71.6 Å². The smallest absolute Gasteiger partial charge is 0.396 e. The first kappa shape index (κ1) is 46.4. The number of hydrogen-bond acceptors (Lipinski definition) is 11. The Morgan fingerprint density at radius 1 is 0.625 bits per heavy atom. The molecule has 3 saturated heterocycles. The van der Waals surface area contributed by atoms with Crippen LogP contribution >= 0.6 is 0 Å². The number of oxazole rings is 2. The van der Waals surface area contributed by atoms with Gasteiger partial charge in [0.15, 0.2) is 34.5 Å². The minimum Gasteiger partial charge on any atom is -0.487 e. The van der Waals surface area contributed by atoms with Crippen molar-refractivity contribution < 1.29 is 67.8 Å². The van der Waals surface area contributed by atoms with Crippen LogP contribution in [0, 0.1) is 11.6 Å². The molecule has 4 aromatic rings. The van der Waals surface area contributed by atoms with E-state index >= 15 is 0 Å². The number of amides is 2. The quantitative estimate of drug-likeness (QED) is 0.131. The molecule has 13 nitrogen and oxygen atoms in total. The second-order valence-corrected chi connectivity index (χ2v) is 16.0. The van der Waals surface area contributed by atoms with Crippen LogP contribution in [0.3, 0.4) is 0 Å². The average molecular weight is 913 g/mol. The molecule has 1 saturated carbocycles. The van der Waals surface area contributed by atoms with Crippen molar-refractivity contribution in [1.82, 2.24) is 9.97 Å². The number of nitrogens with zero attached hydrogens (tertiary/aromatic N) is 4. The van der Waals surface area contributed by atoms with E-state index in [9.17, 15) is 44.7 Å². The standard InChI is InChI=1S/C22H25F4N3O3.C21H23F4N3O4/c23-16-12-14(8-9-17(16)31-15-6-2-1-3-7-15)27-20(30)19-18(13-22(24,25)26)32-21(28-19)29-10-4-5-11-29;22-15-10-13(5-6-16(15)31-14-4-3-9-30-12-14)26-19(29)18-17(11-21(23,24)25)32-20(27-18)28-7-1-2-8-28/h8-9,12,15H,1-7,10-11,13H2,(H,27,30);5-6,10,14H,1-4,7-9,11-12H2,(H,26,29). The highest BCUT2D eigenvalue weighted by atomic mass is 19.4. The minimum atomic E-state index is -4.58. The molecule has 0 spiro atoms. The molecule has 2 aromatic heterocycles. The van der Waals surface area contributed by atoms with Crippen molar-refractivity contribution in [2.45, 2.75) is 108 Å². The van der Waals surface area contributed by atoms with E-state index in [2.05, 4.69) is 20.6 Å². The summed E-state index contributed by atoms with van der Waals surface area (Å²) in [5, 5.41) is 4.81. The van der Waals surface area contributed by atoms with Gasteiger partial charge in [0.25, 0.3) is 23.8 Å². The molecule has 0 radical (unpaired) electrons. The molecular formula is C43H48F8N6O7. The monoisotopic (exact) mass is 912 g/mol. The van der Waals surface area contributed by atoms with Crippen molar-refractivity contribution in [3.8, 4) is 11.5 Å². The van der Waals surface area contributed by atoms with Gasteiger partial charge in [0.2, 0.25) is 0 Å². The number of rotatable bonds is 12. The summed E-state index contributed by atoms with van der Waals surface area (Å²) < 4.78 is 134. The first-order chi connectivity index (χ1) is 30.6. The summed E-state index contributed by atoms with van der Waals surface area (Å²) in [6.07, 6.45) is -2.32. The lowest BCUT2D eigenvalue weighted by molar-refractivity contribution is -0.131. The van der Waals surface area contributed by atoms with Gasteiger partial charge >= 0.3 is 12.4 Å². The Labute approximate surface area is 362 Å². The molecule has 1 atom stereocenters. The van der Waals surface area contributed by atoms with Crippen molar-refractivity contribution in [2.75, 3.05) is 59.8 Å². The van der Waals surface area contributed by atoms with Crippen molar-refractivity contribution in [2.24, 2.45) is 0 Å². The van der Waals surface area contributed by atoms with Crippen LogP contribution in [-0.4, -0.2) is 85.7 Å². The van der Waals surface area contributed by atoms with Gasteiger partial charge in [-0.25, -0.2) is 8.78 Å². The van der Waals surface area contributed by atoms with E-state index in [1.807, 2.05) is 0 Å². The molecule has 5 heterocycles. The van der Waals surface area contributed by atoms with Gasteiger partial charge in [-0.2, -0.15) is 36.3 Å². The van der Waals surface area contributed by atoms with Crippen LogP contribution in [-0.2, 0) is 17.6 Å². The Bertz CT molecular complexity index is 2050. The number of ether oxygens (including phenoxy) is 3. The largest absolute Gasteiger partial charge is 0.487 e. The normalized spacial score (nSPS) is 18.4. The fraction of sp³-hybridized carbons (Fsp3) is 0.535. The van der Waals surface area contributed by atoms with Gasteiger partial charge in [0.05, 0.1) is 12.7 Å². The average Bonchev–Trinajstić information content (AvgIpc) is 4.08. The Kier molecular flexibility index (Phi) is 14.9. The number of anilines is 4. The summed E-state index contributed by atoms with van der Waals surface area (Å²) in [6, 6.07) is 7.73. The van der Waals surface area contributed by atoms with E-state index in [0.717, 1.165) is 82.8 Å². The second-order valence-electron chi connectivity index (χ2n) is 16.0. The molecule has 2 amide bonds. The van der Waals surface area contributed by atoms with Crippen LogP contribution in [0.4, 0.5) is 58.5 Å². The second kappa shape index (κ2) is 20.5. The fourth-order valence-electron chi connectivity index (χ4n) is 7.80. The molecule has 4 fully saturated rings. The molecule has 8 rings (SSSR count). The number of aromatic nitrogens is 2. The third-order valence-corrected chi connectivity index (χ3v) is 10.9. The van der Waals surface area contributed by atoms with Gasteiger partial charge in [0.1, 0.15) is 30.5 Å². The first-order valence-corrected chi connectivity index (χ1v) is 21.3. The summed E-state index contributed by atoms with van der Waals surface area (Å²) in [7, 11) is 0. The van der Waals surface area contributed by atoms with Crippen LogP contribution in [0.5, 0.6) is 11.5 Å². The summed E-state index contributed by atoms with van der Waals surface area (Å²) in [5.74, 6) is -4.20. The zero-order valence-electron chi connectivity index (χ0n) is 34.7. The van der Waals surface area contributed by atoms with Gasteiger partial charge in [-0.05, 0) is 88.5 Å². The van der Waals surface area contributed by atoms with E-state index in [-0.39, 0.29) is 47.1 Å². The number of carbonyl (C=O) groups is 2. The molecule has 3 aliphatic heterocycles. The molecule has 2 aromatic carbocycles. The van der Waals surface area contributed by atoms with Gasteiger partial charge in [-0.15, -0.1) is 0 Å². The van der Waals surface area contributed by atoms with Gasteiger partial charge in [0, 0.05) is 56.3 Å². The number of carbonyl (C=O) groups excluding carboxylic acids is 2. The van der Waals surface area contributed by atoms with E-state index in [1.165, 1.54) is 24.3 Å². The Morgan fingerprint density at radius 2 is 1.06 bits per heavy atom. The Hall–Kier alpha value is -5.60. The maximum absolute atomic E-state index is 14.5. The highest BCUT2D eigenvalue weighted by molar-refractivity contribution is 6.04. The van der Waals surface area contributed by atoms with E-state index in [4.69, 9.17) is 23.0 Å². The number of halogens is 8. The summed E-state index contributed by atoms with van der Waals surface area (Å²) in [5.41, 5.74) is -0.771. The number of nitrogens with one attached hydrogen (secondary N) is 2. The van der Waals surface area contributed by atoms with Crippen LogP contribution in [0.1, 0.15) is 103 Å². The molecule has 2 N–H and O–H groups in total. The fourth-order valence-corrected chi connectivity index (χ4v) is 7.80. The van der Waals surface area contributed by atoms with Crippen molar-refractivity contribution in [3.63, 3.8) is 0 Å². The molecule has 348 valence electrons. The molecule has 64 heavy (non-hydrogen) atoms. The minimum absolute atomic E-state index is 0.00527. The number of benzene rings is 2. The van der Waals surface area contributed by atoms with Crippen molar-refractivity contribution in [3.05, 3.63) is 70.9 Å². The van der Waals surface area contributed by atoms with Crippen molar-refractivity contribution in [1.29, 1.82) is 0 Å². The summed E-state index contributed by atoms with van der Waals surface area (Å²) in [4.78, 5) is 36.8. The van der Waals surface area contributed by atoms with Crippen LogP contribution in [0.25, 0.3) is 0 Å².